The van der Waals surface area contributed by atoms with Crippen LogP contribution in [0.1, 0.15) is 18.9 Å². The van der Waals surface area contributed by atoms with Gasteiger partial charge in [-0.15, -0.1) is 0 Å². The zero-order chi connectivity index (χ0) is 15.0. The molecule has 0 unspecified atom stereocenters. The molecule has 108 valence electrons. The normalized spacial score (nSPS) is 10.6. The Morgan fingerprint density at radius 3 is 2.80 bits per heavy atom. The lowest BCUT2D eigenvalue weighted by Gasteiger charge is -2.14. The summed E-state index contributed by atoms with van der Waals surface area (Å²) in [6.45, 7) is 2.69. The second kappa shape index (κ2) is 8.53. The predicted octanol–water partition coefficient (Wildman–Crippen LogP) is 2.45. The lowest BCUT2D eigenvalue weighted by Crippen LogP contribution is -2.37. The van der Waals surface area contributed by atoms with Crippen LogP contribution in [0, 0.1) is 0 Å². The average Bonchev–Trinajstić information content (AvgIpc) is 2.42. The van der Waals surface area contributed by atoms with Crippen LogP contribution in [-0.2, 0) is 9.59 Å². The molecule has 1 N–H and O–H groups in total. The zero-order valence-corrected chi connectivity index (χ0v) is 13.3. The highest BCUT2D eigenvalue weighted by Gasteiger charge is 2.09. The first-order chi connectivity index (χ1) is 9.52. The molecule has 5 heteroatoms. The van der Waals surface area contributed by atoms with Gasteiger partial charge in [-0.25, -0.2) is 0 Å². The summed E-state index contributed by atoms with van der Waals surface area (Å²) in [6.07, 6.45) is 4.08. The van der Waals surface area contributed by atoms with Crippen molar-refractivity contribution in [2.75, 3.05) is 20.1 Å². The number of nitrogens with one attached hydrogen (secondary N) is 1. The maximum atomic E-state index is 11.9. The zero-order valence-electron chi connectivity index (χ0n) is 11.7. The number of rotatable bonds is 6. The topological polar surface area (TPSA) is 49.4 Å². The van der Waals surface area contributed by atoms with Crippen molar-refractivity contribution < 1.29 is 9.59 Å². The van der Waals surface area contributed by atoms with Gasteiger partial charge in [0.2, 0.25) is 11.8 Å². The molecule has 2 amide bonds. The number of likely N-dealkylation sites (N-methyl/N-ethyl adjacent to an activating group) is 1. The Morgan fingerprint density at radius 1 is 1.40 bits per heavy atom. The maximum absolute atomic E-state index is 11.9. The summed E-state index contributed by atoms with van der Waals surface area (Å²) >= 11 is 3.37. The van der Waals surface area contributed by atoms with E-state index in [0.29, 0.717) is 6.54 Å². The molecule has 1 rings (SSSR count). The van der Waals surface area contributed by atoms with Crippen LogP contribution in [0.4, 0.5) is 0 Å². The van der Waals surface area contributed by atoms with E-state index < -0.39 is 0 Å². The number of benzene rings is 1. The summed E-state index contributed by atoms with van der Waals surface area (Å²) in [7, 11) is 1.61. The lowest BCUT2D eigenvalue weighted by molar-refractivity contribution is -0.131. The number of amides is 2. The molecule has 0 saturated heterocycles. The minimum absolute atomic E-state index is 0.0711. The van der Waals surface area contributed by atoms with E-state index in [-0.39, 0.29) is 18.4 Å². The van der Waals surface area contributed by atoms with Crippen molar-refractivity contribution in [1.29, 1.82) is 0 Å². The fraction of sp³-hybridized carbons (Fsp3) is 0.333. The molecule has 0 aromatic heterocycles. The Hall–Kier alpha value is -1.62. The number of carbonyl (C=O) groups excluding carboxylic acids is 2. The van der Waals surface area contributed by atoms with Gasteiger partial charge in [0.1, 0.15) is 0 Å². The fourth-order valence-electron chi connectivity index (χ4n) is 1.52. The maximum Gasteiger partial charge on any atom is 0.246 e. The van der Waals surface area contributed by atoms with E-state index in [0.717, 1.165) is 16.5 Å². The van der Waals surface area contributed by atoms with E-state index in [1.54, 1.807) is 13.1 Å². The van der Waals surface area contributed by atoms with Crippen molar-refractivity contribution in [3.63, 3.8) is 0 Å². The molecule has 0 saturated carbocycles. The largest absolute Gasteiger partial charge is 0.355 e. The monoisotopic (exact) mass is 338 g/mol. The average molecular weight is 339 g/mol. The lowest BCUT2D eigenvalue weighted by atomic mass is 10.2. The quantitative estimate of drug-likeness (QED) is 0.810. The number of hydrogen-bond donors (Lipinski definition) is 1. The van der Waals surface area contributed by atoms with Crippen molar-refractivity contribution in [3.8, 4) is 0 Å². The molecule has 0 radical (unpaired) electrons. The number of halogens is 1. The van der Waals surface area contributed by atoms with Gasteiger partial charge in [-0.1, -0.05) is 35.0 Å². The second-order valence-electron chi connectivity index (χ2n) is 4.43. The molecule has 0 aliphatic heterocycles. The molecule has 0 spiro atoms. The van der Waals surface area contributed by atoms with E-state index in [2.05, 4.69) is 21.2 Å². The first-order valence-electron chi connectivity index (χ1n) is 6.48. The summed E-state index contributed by atoms with van der Waals surface area (Å²) in [5.74, 6) is -0.338. The van der Waals surface area contributed by atoms with E-state index >= 15 is 0 Å². The van der Waals surface area contributed by atoms with Gasteiger partial charge in [0.15, 0.2) is 0 Å². The van der Waals surface area contributed by atoms with Crippen molar-refractivity contribution in [2.24, 2.45) is 0 Å². The third-order valence-corrected chi connectivity index (χ3v) is 3.09. The molecule has 0 fully saturated rings. The summed E-state index contributed by atoms with van der Waals surface area (Å²) < 4.78 is 0.958. The molecular weight excluding hydrogens is 320 g/mol. The first kappa shape index (κ1) is 16.4. The van der Waals surface area contributed by atoms with Gasteiger partial charge in [-0.05, 0) is 30.2 Å². The van der Waals surface area contributed by atoms with Crippen LogP contribution in [0.2, 0.25) is 0 Å². The van der Waals surface area contributed by atoms with E-state index in [1.807, 2.05) is 31.2 Å². The minimum Gasteiger partial charge on any atom is -0.355 e. The molecule has 20 heavy (non-hydrogen) atoms. The van der Waals surface area contributed by atoms with Crippen LogP contribution in [0.25, 0.3) is 6.08 Å². The summed E-state index contributed by atoms with van der Waals surface area (Å²) in [4.78, 5) is 24.7. The van der Waals surface area contributed by atoms with E-state index in [4.69, 9.17) is 0 Å². The molecule has 0 aliphatic carbocycles. The third kappa shape index (κ3) is 6.02. The Kier molecular flexibility index (Phi) is 7.01. The van der Waals surface area contributed by atoms with E-state index in [9.17, 15) is 9.59 Å². The molecular formula is C15H19BrN2O2. The molecule has 0 atom stereocenters. The highest BCUT2D eigenvalue weighted by molar-refractivity contribution is 9.10. The number of hydrogen-bond acceptors (Lipinski definition) is 2. The van der Waals surface area contributed by atoms with Gasteiger partial charge >= 0.3 is 0 Å². The van der Waals surface area contributed by atoms with Gasteiger partial charge in [-0.3, -0.25) is 9.59 Å². The Labute approximate surface area is 128 Å². The Bertz CT molecular complexity index is 500. The molecule has 4 nitrogen and oxygen atoms in total. The van der Waals surface area contributed by atoms with Crippen molar-refractivity contribution in [3.05, 3.63) is 40.4 Å². The second-order valence-corrected chi connectivity index (χ2v) is 5.35. The molecule has 0 aliphatic rings. The predicted molar refractivity (Wildman–Crippen MR) is 84.1 cm³/mol. The van der Waals surface area contributed by atoms with Gasteiger partial charge in [0, 0.05) is 24.1 Å². The summed E-state index contributed by atoms with van der Waals surface area (Å²) in [5, 5.41) is 2.74. The number of nitrogens with zero attached hydrogens (tertiary/aromatic N) is 1. The smallest absolute Gasteiger partial charge is 0.246 e. The van der Waals surface area contributed by atoms with Crippen LogP contribution in [0.15, 0.2) is 34.8 Å². The Morgan fingerprint density at radius 2 is 2.15 bits per heavy atom. The van der Waals surface area contributed by atoms with Crippen LogP contribution in [0.3, 0.4) is 0 Å². The third-order valence-electron chi connectivity index (χ3n) is 2.60. The molecule has 1 aromatic carbocycles. The van der Waals surface area contributed by atoms with Gasteiger partial charge < -0.3 is 10.2 Å². The highest BCUT2D eigenvalue weighted by Crippen LogP contribution is 2.12. The SMILES string of the molecule is CCCNC(=O)CN(C)C(=O)/C=C/c1cccc(Br)c1. The van der Waals surface area contributed by atoms with Crippen molar-refractivity contribution in [2.45, 2.75) is 13.3 Å². The summed E-state index contributed by atoms with van der Waals surface area (Å²) in [5.41, 5.74) is 0.927. The molecule has 1 aromatic rings. The van der Waals surface area contributed by atoms with Crippen LogP contribution in [-0.4, -0.2) is 36.9 Å². The van der Waals surface area contributed by atoms with Crippen LogP contribution < -0.4 is 5.32 Å². The molecule has 0 heterocycles. The Balaban J connectivity index is 2.51. The standard InChI is InChI=1S/C15H19BrN2O2/c1-3-9-17-14(19)11-18(2)15(20)8-7-12-5-4-6-13(16)10-12/h4-8,10H,3,9,11H2,1-2H3,(H,17,19)/b8-7+. The molecule has 0 bridgehead atoms. The highest BCUT2D eigenvalue weighted by atomic mass is 79.9. The van der Waals surface area contributed by atoms with Gasteiger partial charge in [0.05, 0.1) is 6.54 Å². The minimum atomic E-state index is -0.198. The van der Waals surface area contributed by atoms with Crippen LogP contribution >= 0.6 is 15.9 Å². The van der Waals surface area contributed by atoms with Gasteiger partial charge in [-0.2, -0.15) is 0 Å². The van der Waals surface area contributed by atoms with Gasteiger partial charge in [0.25, 0.3) is 0 Å². The summed E-state index contributed by atoms with van der Waals surface area (Å²) in [6, 6.07) is 7.64. The van der Waals surface area contributed by atoms with Crippen molar-refractivity contribution in [1.82, 2.24) is 10.2 Å². The van der Waals surface area contributed by atoms with Crippen molar-refractivity contribution >= 4 is 33.8 Å². The fourth-order valence-corrected chi connectivity index (χ4v) is 1.94. The first-order valence-corrected chi connectivity index (χ1v) is 7.27. The van der Waals surface area contributed by atoms with E-state index in [1.165, 1.54) is 11.0 Å². The van der Waals surface area contributed by atoms with Crippen LogP contribution in [0.5, 0.6) is 0 Å². The number of carbonyl (C=O) groups is 2.